The minimum atomic E-state index is 0.678. The molecule has 0 bridgehead atoms. The second-order valence-corrected chi connectivity index (χ2v) is 6.73. The SMILES string of the molecule is Nc1cn(-c2ccc(Br)cc2)nc1-c1cc(Br)cs1. The van der Waals surface area contributed by atoms with Crippen molar-refractivity contribution >= 4 is 48.9 Å². The largest absolute Gasteiger partial charge is 0.396 e. The summed E-state index contributed by atoms with van der Waals surface area (Å²) in [5, 5.41) is 6.58. The van der Waals surface area contributed by atoms with Crippen LogP contribution in [0.1, 0.15) is 0 Å². The number of anilines is 1. The zero-order chi connectivity index (χ0) is 13.4. The van der Waals surface area contributed by atoms with Crippen molar-refractivity contribution in [1.82, 2.24) is 9.78 Å². The Balaban J connectivity index is 2.04. The minimum Gasteiger partial charge on any atom is -0.396 e. The molecule has 0 fully saturated rings. The number of nitrogen functional groups attached to an aromatic ring is 1. The lowest BCUT2D eigenvalue weighted by atomic mass is 10.3. The van der Waals surface area contributed by atoms with Crippen LogP contribution < -0.4 is 5.73 Å². The molecule has 0 spiro atoms. The molecule has 0 atom stereocenters. The summed E-state index contributed by atoms with van der Waals surface area (Å²) >= 11 is 8.48. The minimum absolute atomic E-state index is 0.678. The maximum atomic E-state index is 6.05. The van der Waals surface area contributed by atoms with Gasteiger partial charge in [-0.3, -0.25) is 0 Å². The summed E-state index contributed by atoms with van der Waals surface area (Å²) in [5.41, 5.74) is 8.53. The Hall–Kier alpha value is -1.11. The first-order valence-corrected chi connectivity index (χ1v) is 7.95. The van der Waals surface area contributed by atoms with Gasteiger partial charge in [-0.05, 0) is 46.3 Å². The highest BCUT2D eigenvalue weighted by Gasteiger charge is 2.11. The van der Waals surface area contributed by atoms with E-state index in [1.807, 2.05) is 41.9 Å². The van der Waals surface area contributed by atoms with Crippen molar-refractivity contribution in [3.63, 3.8) is 0 Å². The molecule has 3 aromatic rings. The molecule has 0 aliphatic rings. The number of hydrogen-bond acceptors (Lipinski definition) is 3. The van der Waals surface area contributed by atoms with Gasteiger partial charge in [0.1, 0.15) is 5.69 Å². The fraction of sp³-hybridized carbons (Fsp3) is 0. The third-order valence-corrected chi connectivity index (χ3v) is 4.86. The molecule has 0 aliphatic heterocycles. The standard InChI is InChI=1S/C13H9Br2N3S/c14-8-1-3-10(4-2-8)18-6-11(16)13(17-18)12-5-9(15)7-19-12/h1-7H,16H2. The topological polar surface area (TPSA) is 43.8 Å². The van der Waals surface area contributed by atoms with Gasteiger partial charge in [0.2, 0.25) is 0 Å². The molecule has 0 amide bonds. The first-order chi connectivity index (χ1) is 9.13. The molecule has 0 saturated heterocycles. The molecule has 19 heavy (non-hydrogen) atoms. The van der Waals surface area contributed by atoms with Crippen LogP contribution in [0.2, 0.25) is 0 Å². The average molecular weight is 399 g/mol. The van der Waals surface area contributed by atoms with Crippen LogP contribution in [0.4, 0.5) is 5.69 Å². The quantitative estimate of drug-likeness (QED) is 0.679. The number of benzene rings is 1. The lowest BCUT2D eigenvalue weighted by molar-refractivity contribution is 0.885. The summed E-state index contributed by atoms with van der Waals surface area (Å²) in [5.74, 6) is 0. The first kappa shape index (κ1) is 12.9. The van der Waals surface area contributed by atoms with Crippen molar-refractivity contribution in [2.45, 2.75) is 0 Å². The smallest absolute Gasteiger partial charge is 0.126 e. The Bertz CT molecular complexity index is 716. The van der Waals surface area contributed by atoms with E-state index in [9.17, 15) is 0 Å². The van der Waals surface area contributed by atoms with Gasteiger partial charge in [0.05, 0.1) is 22.4 Å². The van der Waals surface area contributed by atoms with Crippen LogP contribution in [0.3, 0.4) is 0 Å². The highest BCUT2D eigenvalue weighted by atomic mass is 79.9. The van der Waals surface area contributed by atoms with E-state index in [1.165, 1.54) is 0 Å². The maximum absolute atomic E-state index is 6.05. The summed E-state index contributed by atoms with van der Waals surface area (Å²) in [6.45, 7) is 0. The van der Waals surface area contributed by atoms with Gasteiger partial charge in [-0.15, -0.1) is 11.3 Å². The van der Waals surface area contributed by atoms with Gasteiger partial charge in [-0.2, -0.15) is 5.10 Å². The zero-order valence-corrected chi connectivity index (χ0v) is 13.7. The van der Waals surface area contributed by atoms with Crippen molar-refractivity contribution in [3.05, 3.63) is 50.9 Å². The normalized spacial score (nSPS) is 10.8. The molecule has 1 aromatic carbocycles. The van der Waals surface area contributed by atoms with E-state index in [2.05, 4.69) is 37.0 Å². The number of hydrogen-bond donors (Lipinski definition) is 1. The number of halogens is 2. The molecule has 2 N–H and O–H groups in total. The van der Waals surface area contributed by atoms with Crippen LogP contribution >= 0.6 is 43.2 Å². The summed E-state index contributed by atoms with van der Waals surface area (Å²) in [7, 11) is 0. The molecule has 0 saturated carbocycles. The van der Waals surface area contributed by atoms with E-state index in [4.69, 9.17) is 5.73 Å². The summed E-state index contributed by atoms with van der Waals surface area (Å²) in [4.78, 5) is 1.06. The van der Waals surface area contributed by atoms with Crippen molar-refractivity contribution in [2.24, 2.45) is 0 Å². The Morgan fingerprint density at radius 3 is 2.47 bits per heavy atom. The molecule has 6 heteroatoms. The number of rotatable bonds is 2. The van der Waals surface area contributed by atoms with E-state index in [-0.39, 0.29) is 0 Å². The van der Waals surface area contributed by atoms with Crippen LogP contribution in [-0.4, -0.2) is 9.78 Å². The van der Waals surface area contributed by atoms with Crippen molar-refractivity contribution in [3.8, 4) is 16.3 Å². The summed E-state index contributed by atoms with van der Waals surface area (Å²) in [6, 6.07) is 9.97. The molecule has 3 nitrogen and oxygen atoms in total. The molecular weight excluding hydrogens is 390 g/mol. The zero-order valence-electron chi connectivity index (χ0n) is 9.68. The van der Waals surface area contributed by atoms with E-state index < -0.39 is 0 Å². The van der Waals surface area contributed by atoms with Gasteiger partial charge in [-0.25, -0.2) is 4.68 Å². The summed E-state index contributed by atoms with van der Waals surface area (Å²) in [6.07, 6.45) is 1.84. The third-order valence-electron chi connectivity index (χ3n) is 2.63. The monoisotopic (exact) mass is 397 g/mol. The molecule has 0 unspecified atom stereocenters. The summed E-state index contributed by atoms with van der Waals surface area (Å²) < 4.78 is 3.88. The van der Waals surface area contributed by atoms with E-state index in [0.29, 0.717) is 5.69 Å². The third kappa shape index (κ3) is 2.61. The average Bonchev–Trinajstić information content (AvgIpc) is 2.96. The van der Waals surface area contributed by atoms with Gasteiger partial charge < -0.3 is 5.73 Å². The maximum Gasteiger partial charge on any atom is 0.126 e. The Morgan fingerprint density at radius 1 is 1.11 bits per heavy atom. The van der Waals surface area contributed by atoms with Crippen LogP contribution in [0.25, 0.3) is 16.3 Å². The van der Waals surface area contributed by atoms with Crippen molar-refractivity contribution < 1.29 is 0 Å². The van der Waals surface area contributed by atoms with Gasteiger partial charge >= 0.3 is 0 Å². The number of nitrogens with zero attached hydrogens (tertiary/aromatic N) is 2. The van der Waals surface area contributed by atoms with Crippen molar-refractivity contribution in [1.29, 1.82) is 0 Å². The van der Waals surface area contributed by atoms with Gasteiger partial charge in [0.15, 0.2) is 0 Å². The predicted octanol–water partition coefficient (Wildman–Crippen LogP) is 4.71. The molecule has 0 aliphatic carbocycles. The number of thiophene rings is 1. The van der Waals surface area contributed by atoms with Crippen LogP contribution in [-0.2, 0) is 0 Å². The molecule has 96 valence electrons. The molecule has 2 heterocycles. The number of aromatic nitrogens is 2. The lowest BCUT2D eigenvalue weighted by Gasteiger charge is -2.00. The number of nitrogens with two attached hydrogens (primary N) is 1. The van der Waals surface area contributed by atoms with E-state index in [0.717, 1.165) is 25.2 Å². The molecule has 3 rings (SSSR count). The second kappa shape index (κ2) is 5.11. The Labute approximate surface area is 131 Å². The molecule has 0 radical (unpaired) electrons. The Kier molecular flexibility index (Phi) is 3.47. The Morgan fingerprint density at radius 2 is 1.84 bits per heavy atom. The lowest BCUT2D eigenvalue weighted by Crippen LogP contribution is -1.93. The van der Waals surface area contributed by atoms with Gasteiger partial charge in [0, 0.05) is 14.3 Å². The second-order valence-electron chi connectivity index (χ2n) is 3.98. The fourth-order valence-electron chi connectivity index (χ4n) is 1.74. The highest BCUT2D eigenvalue weighted by molar-refractivity contribution is 9.10. The van der Waals surface area contributed by atoms with Crippen molar-refractivity contribution in [2.75, 3.05) is 5.73 Å². The van der Waals surface area contributed by atoms with Gasteiger partial charge in [-0.1, -0.05) is 15.9 Å². The van der Waals surface area contributed by atoms with Crippen LogP contribution in [0, 0.1) is 0 Å². The molecular formula is C13H9Br2N3S. The highest BCUT2D eigenvalue weighted by Crippen LogP contribution is 2.32. The molecule has 2 aromatic heterocycles. The van der Waals surface area contributed by atoms with E-state index in [1.54, 1.807) is 16.0 Å². The fourth-order valence-corrected chi connectivity index (χ4v) is 3.44. The first-order valence-electron chi connectivity index (χ1n) is 5.49. The van der Waals surface area contributed by atoms with Crippen LogP contribution in [0.15, 0.2) is 50.9 Å². The van der Waals surface area contributed by atoms with Crippen LogP contribution in [0.5, 0.6) is 0 Å². The van der Waals surface area contributed by atoms with E-state index >= 15 is 0 Å². The predicted molar refractivity (Wildman–Crippen MR) is 86.7 cm³/mol. The van der Waals surface area contributed by atoms with Gasteiger partial charge in [0.25, 0.3) is 0 Å².